The van der Waals surface area contributed by atoms with Crippen LogP contribution in [0.2, 0.25) is 0 Å². The van der Waals surface area contributed by atoms with Crippen LogP contribution in [-0.4, -0.2) is 28.6 Å². The van der Waals surface area contributed by atoms with Crippen molar-refractivity contribution in [2.45, 2.75) is 51.1 Å². The fraction of sp³-hybridized carbons (Fsp3) is 0.333. The largest absolute Gasteiger partial charge is 0.338 e. The van der Waals surface area contributed by atoms with Crippen molar-refractivity contribution in [3.05, 3.63) is 70.8 Å². The van der Waals surface area contributed by atoms with E-state index in [1.54, 1.807) is 38.1 Å². The fourth-order valence-electron chi connectivity index (χ4n) is 3.31. The highest BCUT2D eigenvalue weighted by molar-refractivity contribution is 5.97. The summed E-state index contributed by atoms with van der Waals surface area (Å²) < 4.78 is 0. The van der Waals surface area contributed by atoms with Crippen molar-refractivity contribution in [3.8, 4) is 23.7 Å². The molecule has 0 spiro atoms. The first-order valence-corrected chi connectivity index (χ1v) is 11.0. The molecule has 2 aromatic carbocycles. The number of hydroxylamine groups is 1. The lowest BCUT2D eigenvalue weighted by molar-refractivity contribution is -0.132. The van der Waals surface area contributed by atoms with E-state index in [2.05, 4.69) is 41.1 Å². The van der Waals surface area contributed by atoms with E-state index in [1.165, 1.54) is 30.3 Å². The van der Waals surface area contributed by atoms with Crippen LogP contribution in [0.1, 0.15) is 60.2 Å². The molecular weight excluding hydrogens is 414 g/mol. The van der Waals surface area contributed by atoms with Crippen molar-refractivity contribution >= 4 is 11.8 Å². The minimum Gasteiger partial charge on any atom is -0.338 e. The van der Waals surface area contributed by atoms with Crippen molar-refractivity contribution in [1.29, 1.82) is 0 Å². The maximum Gasteiger partial charge on any atom is 0.267 e. The molecule has 1 saturated carbocycles. The first-order valence-electron chi connectivity index (χ1n) is 11.0. The molecule has 2 amide bonds. The van der Waals surface area contributed by atoms with Crippen LogP contribution in [0.25, 0.3) is 0 Å². The molecule has 0 radical (unpaired) electrons. The van der Waals surface area contributed by atoms with E-state index < -0.39 is 23.4 Å². The number of aryl methyl sites for hydroxylation is 1. The van der Waals surface area contributed by atoms with E-state index >= 15 is 0 Å². The third kappa shape index (κ3) is 7.50. The summed E-state index contributed by atoms with van der Waals surface area (Å²) in [5.74, 6) is 11.3. The maximum atomic E-state index is 12.5. The Morgan fingerprint density at radius 2 is 1.58 bits per heavy atom. The lowest BCUT2D eigenvalue weighted by Crippen LogP contribution is -2.61. The van der Waals surface area contributed by atoms with E-state index in [4.69, 9.17) is 10.9 Å². The summed E-state index contributed by atoms with van der Waals surface area (Å²) in [6.45, 7) is 3.16. The first kappa shape index (κ1) is 24.1. The minimum atomic E-state index is -1.10. The SMILES string of the molecule is CC(C)(N)C(NC(=O)c1ccc(C#CC#Cc2ccc(CCC3CC3)cc2)cc1)C(=O)NO. The predicted molar refractivity (Wildman–Crippen MR) is 127 cm³/mol. The zero-order valence-electron chi connectivity index (χ0n) is 18.9. The van der Waals surface area contributed by atoms with E-state index in [0.29, 0.717) is 11.1 Å². The Hall–Kier alpha value is -3.58. The average molecular weight is 444 g/mol. The molecule has 0 aliphatic heterocycles. The van der Waals surface area contributed by atoms with Crippen LogP contribution in [0.3, 0.4) is 0 Å². The fourth-order valence-corrected chi connectivity index (χ4v) is 3.31. The van der Waals surface area contributed by atoms with Gasteiger partial charge in [-0.15, -0.1) is 0 Å². The van der Waals surface area contributed by atoms with Crippen molar-refractivity contribution in [2.75, 3.05) is 0 Å². The molecule has 0 bridgehead atoms. The molecule has 170 valence electrons. The molecule has 6 nitrogen and oxygen atoms in total. The standard InChI is InChI=1S/C27H29N3O3/c1-27(2,28)24(26(32)30-33)29-25(31)23-17-15-20(16-18-23)6-4-3-5-19-7-9-21(10-8-19)11-12-22-13-14-22/h7-10,15-18,22,24,33H,11-14,28H2,1-2H3,(H,29,31)(H,30,32). The van der Waals surface area contributed by atoms with Gasteiger partial charge in [-0.1, -0.05) is 36.8 Å². The van der Waals surface area contributed by atoms with Gasteiger partial charge in [-0.3, -0.25) is 14.8 Å². The molecule has 2 aromatic rings. The molecule has 33 heavy (non-hydrogen) atoms. The third-order valence-corrected chi connectivity index (χ3v) is 5.51. The number of rotatable bonds is 7. The summed E-state index contributed by atoms with van der Waals surface area (Å²) in [6, 6.07) is 13.8. The lowest BCUT2D eigenvalue weighted by atomic mass is 9.95. The summed E-state index contributed by atoms with van der Waals surface area (Å²) in [6.07, 6.45) is 5.18. The normalized spacial score (nSPS) is 13.6. The summed E-state index contributed by atoms with van der Waals surface area (Å²) in [5, 5.41) is 11.4. The Labute approximate surface area is 194 Å². The number of benzene rings is 2. The maximum absolute atomic E-state index is 12.5. The van der Waals surface area contributed by atoms with Gasteiger partial charge >= 0.3 is 0 Å². The van der Waals surface area contributed by atoms with Crippen molar-refractivity contribution in [1.82, 2.24) is 10.8 Å². The second-order valence-electron chi connectivity index (χ2n) is 8.96. The van der Waals surface area contributed by atoms with Crippen LogP contribution in [-0.2, 0) is 11.2 Å². The zero-order valence-corrected chi connectivity index (χ0v) is 18.9. The van der Waals surface area contributed by atoms with Gasteiger partial charge < -0.3 is 11.1 Å². The first-order chi connectivity index (χ1) is 15.8. The zero-order chi connectivity index (χ0) is 23.8. The third-order valence-electron chi connectivity index (χ3n) is 5.51. The van der Waals surface area contributed by atoms with E-state index in [1.807, 2.05) is 12.1 Å². The highest BCUT2D eigenvalue weighted by atomic mass is 16.5. The van der Waals surface area contributed by atoms with E-state index in [0.717, 1.165) is 17.9 Å². The van der Waals surface area contributed by atoms with Crippen LogP contribution < -0.4 is 16.5 Å². The van der Waals surface area contributed by atoms with Gasteiger partial charge in [-0.05, 0) is 86.4 Å². The number of carbonyl (C=O) groups is 2. The molecule has 0 heterocycles. The Morgan fingerprint density at radius 3 is 2.06 bits per heavy atom. The minimum absolute atomic E-state index is 0.341. The second-order valence-corrected chi connectivity index (χ2v) is 8.96. The molecule has 1 fully saturated rings. The molecule has 1 aliphatic rings. The topological polar surface area (TPSA) is 104 Å². The molecule has 6 heteroatoms. The average Bonchev–Trinajstić information content (AvgIpc) is 3.63. The van der Waals surface area contributed by atoms with Gasteiger partial charge in [0.15, 0.2) is 0 Å². The molecular formula is C27H29N3O3. The number of carbonyl (C=O) groups excluding carboxylic acids is 2. The molecule has 1 atom stereocenters. The van der Waals surface area contributed by atoms with Crippen molar-refractivity contribution in [3.63, 3.8) is 0 Å². The summed E-state index contributed by atoms with van der Waals surface area (Å²) in [4.78, 5) is 24.3. The molecule has 0 saturated heterocycles. The van der Waals surface area contributed by atoms with Gasteiger partial charge in [0.1, 0.15) is 6.04 Å². The van der Waals surface area contributed by atoms with E-state index in [9.17, 15) is 9.59 Å². The van der Waals surface area contributed by atoms with Gasteiger partial charge in [-0.25, -0.2) is 5.48 Å². The molecule has 1 unspecified atom stereocenters. The number of hydrogen-bond donors (Lipinski definition) is 4. The number of nitrogens with one attached hydrogen (secondary N) is 2. The predicted octanol–water partition coefficient (Wildman–Crippen LogP) is 2.77. The summed E-state index contributed by atoms with van der Waals surface area (Å²) in [7, 11) is 0. The van der Waals surface area contributed by atoms with Gasteiger partial charge in [0.25, 0.3) is 11.8 Å². The van der Waals surface area contributed by atoms with Crippen molar-refractivity contribution < 1.29 is 14.8 Å². The van der Waals surface area contributed by atoms with Crippen molar-refractivity contribution in [2.24, 2.45) is 11.7 Å². The number of hydrogen-bond acceptors (Lipinski definition) is 4. The Bertz CT molecular complexity index is 1100. The van der Waals surface area contributed by atoms with Gasteiger partial charge in [0, 0.05) is 22.2 Å². The summed E-state index contributed by atoms with van der Waals surface area (Å²) in [5.41, 5.74) is 9.72. The van der Waals surface area contributed by atoms with Gasteiger partial charge in [0.2, 0.25) is 0 Å². The van der Waals surface area contributed by atoms with E-state index in [-0.39, 0.29) is 0 Å². The molecule has 3 rings (SSSR count). The number of nitrogens with two attached hydrogens (primary N) is 1. The van der Waals surface area contributed by atoms with Crippen LogP contribution >= 0.6 is 0 Å². The van der Waals surface area contributed by atoms with Crippen LogP contribution in [0, 0.1) is 29.6 Å². The molecule has 1 aliphatic carbocycles. The highest BCUT2D eigenvalue weighted by Crippen LogP contribution is 2.33. The summed E-state index contributed by atoms with van der Waals surface area (Å²) >= 11 is 0. The Balaban J connectivity index is 1.57. The smallest absolute Gasteiger partial charge is 0.267 e. The highest BCUT2D eigenvalue weighted by Gasteiger charge is 2.33. The number of amides is 2. The van der Waals surface area contributed by atoms with Gasteiger partial charge in [0.05, 0.1) is 0 Å². The monoisotopic (exact) mass is 443 g/mol. The molecule has 0 aromatic heterocycles. The quantitative estimate of drug-likeness (QED) is 0.300. The lowest BCUT2D eigenvalue weighted by Gasteiger charge is -2.29. The Kier molecular flexibility index (Phi) is 7.90. The van der Waals surface area contributed by atoms with Crippen LogP contribution in [0.4, 0.5) is 0 Å². The Morgan fingerprint density at radius 1 is 1.03 bits per heavy atom. The van der Waals surface area contributed by atoms with Crippen LogP contribution in [0.15, 0.2) is 48.5 Å². The second kappa shape index (κ2) is 10.8. The van der Waals surface area contributed by atoms with Crippen LogP contribution in [0.5, 0.6) is 0 Å². The molecule has 5 N–H and O–H groups in total. The van der Waals surface area contributed by atoms with Gasteiger partial charge in [-0.2, -0.15) is 0 Å².